The smallest absolute Gasteiger partial charge is 0.191 e. The van der Waals surface area contributed by atoms with E-state index in [0.29, 0.717) is 12.6 Å². The molecule has 2 N–H and O–H groups in total. The third-order valence-corrected chi connectivity index (χ3v) is 3.56. The lowest BCUT2D eigenvalue weighted by atomic mass is 10.1. The summed E-state index contributed by atoms with van der Waals surface area (Å²) in [5.41, 5.74) is 1.15. The van der Waals surface area contributed by atoms with Crippen LogP contribution in [0.1, 0.15) is 31.4 Å². The highest BCUT2D eigenvalue weighted by Gasteiger charge is 2.13. The monoisotopic (exact) mass is 287 g/mol. The van der Waals surface area contributed by atoms with Crippen molar-refractivity contribution >= 4 is 5.96 Å². The maximum absolute atomic E-state index is 5.56. The topological polar surface area (TPSA) is 45.7 Å². The highest BCUT2D eigenvalue weighted by Crippen LogP contribution is 2.16. The first-order valence-electron chi connectivity index (χ1n) is 7.61. The summed E-state index contributed by atoms with van der Waals surface area (Å²) < 4.78 is 5.56. The molecule has 4 nitrogen and oxygen atoms in total. The lowest BCUT2D eigenvalue weighted by Crippen LogP contribution is -2.42. The number of hydrogen-bond acceptors (Lipinski definition) is 2. The Hall–Kier alpha value is -1.81. The maximum Gasteiger partial charge on any atom is 0.191 e. The van der Waals surface area contributed by atoms with Crippen LogP contribution < -0.4 is 10.6 Å². The largest absolute Gasteiger partial charge is 0.375 e. The van der Waals surface area contributed by atoms with Crippen molar-refractivity contribution in [1.29, 1.82) is 0 Å². The molecule has 0 fully saturated rings. The van der Waals surface area contributed by atoms with Gasteiger partial charge in [-0.1, -0.05) is 42.5 Å². The van der Waals surface area contributed by atoms with E-state index in [4.69, 9.17) is 4.74 Å². The molecule has 2 rings (SSSR count). The van der Waals surface area contributed by atoms with Crippen LogP contribution in [-0.2, 0) is 4.74 Å². The zero-order chi connectivity index (χ0) is 14.9. The van der Waals surface area contributed by atoms with E-state index < -0.39 is 0 Å². The molecule has 0 spiro atoms. The fourth-order valence-corrected chi connectivity index (χ4v) is 2.41. The minimum absolute atomic E-state index is 0.0108. The predicted octanol–water partition coefficient (Wildman–Crippen LogP) is 2.65. The van der Waals surface area contributed by atoms with E-state index >= 15 is 0 Å². The Kier molecular flexibility index (Phi) is 6.28. The molecule has 0 radical (unpaired) electrons. The summed E-state index contributed by atoms with van der Waals surface area (Å²) in [5.74, 6) is 0.865. The van der Waals surface area contributed by atoms with E-state index in [9.17, 15) is 0 Å². The second-order valence-corrected chi connectivity index (χ2v) is 5.14. The van der Waals surface area contributed by atoms with E-state index in [1.807, 2.05) is 18.2 Å². The zero-order valence-corrected chi connectivity index (χ0v) is 12.9. The van der Waals surface area contributed by atoms with Crippen molar-refractivity contribution in [1.82, 2.24) is 10.6 Å². The van der Waals surface area contributed by atoms with Crippen molar-refractivity contribution in [2.45, 2.75) is 31.9 Å². The first kappa shape index (κ1) is 15.6. The molecule has 0 saturated carbocycles. The fourth-order valence-electron chi connectivity index (χ4n) is 2.41. The Morgan fingerprint density at radius 3 is 2.62 bits per heavy atom. The van der Waals surface area contributed by atoms with E-state index in [1.165, 1.54) is 0 Å². The second kappa shape index (κ2) is 8.47. The zero-order valence-electron chi connectivity index (χ0n) is 12.9. The summed E-state index contributed by atoms with van der Waals surface area (Å²) in [6.07, 6.45) is 6.54. The predicted molar refractivity (Wildman–Crippen MR) is 87.5 cm³/mol. The Balaban J connectivity index is 1.96. The van der Waals surface area contributed by atoms with Crippen LogP contribution in [0.4, 0.5) is 0 Å². The van der Waals surface area contributed by atoms with Crippen LogP contribution in [0.2, 0.25) is 0 Å². The number of rotatable bonds is 6. The van der Waals surface area contributed by atoms with Crippen LogP contribution in [-0.4, -0.2) is 32.2 Å². The third kappa shape index (κ3) is 4.90. The summed E-state index contributed by atoms with van der Waals surface area (Å²) >= 11 is 0. The molecule has 21 heavy (non-hydrogen) atoms. The van der Waals surface area contributed by atoms with Gasteiger partial charge in [0.1, 0.15) is 6.10 Å². The Labute approximate surface area is 127 Å². The number of ether oxygens (including phenoxy) is 1. The first-order chi connectivity index (χ1) is 10.3. The van der Waals surface area contributed by atoms with E-state index in [1.54, 1.807) is 7.11 Å². The summed E-state index contributed by atoms with van der Waals surface area (Å²) in [5, 5.41) is 6.76. The van der Waals surface area contributed by atoms with Crippen LogP contribution in [0.25, 0.3) is 0 Å². The van der Waals surface area contributed by atoms with Gasteiger partial charge in [-0.05, 0) is 25.3 Å². The Morgan fingerprint density at radius 2 is 2.00 bits per heavy atom. The number of hydrogen-bond donors (Lipinski definition) is 2. The molecule has 1 unspecified atom stereocenters. The molecule has 1 aromatic rings. The number of aliphatic imine (C=N–C) groups is 1. The van der Waals surface area contributed by atoms with Crippen molar-refractivity contribution in [2.24, 2.45) is 4.99 Å². The van der Waals surface area contributed by atoms with Crippen molar-refractivity contribution in [3.63, 3.8) is 0 Å². The summed E-state index contributed by atoms with van der Waals surface area (Å²) in [6.45, 7) is 3.54. The minimum atomic E-state index is -0.0108. The SMILES string of the molecule is CCNC(=NCC(OC)c1ccccc1)NC1CC=CC1. The molecule has 114 valence electrons. The standard InChI is InChI=1S/C17H25N3O/c1-3-18-17(20-15-11-7-8-12-15)19-13-16(21-2)14-9-5-4-6-10-14/h4-10,15-16H,3,11-13H2,1-2H3,(H2,18,19,20). The molecule has 1 aliphatic carbocycles. The van der Waals surface area contributed by atoms with Gasteiger partial charge in [-0.3, -0.25) is 4.99 Å². The lowest BCUT2D eigenvalue weighted by Gasteiger charge is -2.18. The van der Waals surface area contributed by atoms with Gasteiger partial charge < -0.3 is 15.4 Å². The van der Waals surface area contributed by atoms with E-state index in [0.717, 1.165) is 30.9 Å². The van der Waals surface area contributed by atoms with Gasteiger partial charge in [0.15, 0.2) is 5.96 Å². The second-order valence-electron chi connectivity index (χ2n) is 5.14. The minimum Gasteiger partial charge on any atom is -0.375 e. The number of benzene rings is 1. The van der Waals surface area contributed by atoms with Gasteiger partial charge in [-0.25, -0.2) is 0 Å². The Bertz CT molecular complexity index is 462. The molecule has 0 aliphatic heterocycles. The molecule has 0 amide bonds. The molecule has 4 heteroatoms. The summed E-state index contributed by atoms with van der Waals surface area (Å²) in [7, 11) is 1.73. The lowest BCUT2D eigenvalue weighted by molar-refractivity contribution is 0.111. The van der Waals surface area contributed by atoms with E-state index in [-0.39, 0.29) is 6.10 Å². The van der Waals surface area contributed by atoms with Crippen molar-refractivity contribution in [3.8, 4) is 0 Å². The highest BCUT2D eigenvalue weighted by molar-refractivity contribution is 5.80. The average Bonchev–Trinajstić information content (AvgIpc) is 3.02. The van der Waals surface area contributed by atoms with Crippen LogP contribution in [0.15, 0.2) is 47.5 Å². The van der Waals surface area contributed by atoms with Gasteiger partial charge in [0.25, 0.3) is 0 Å². The number of nitrogens with zero attached hydrogens (tertiary/aromatic N) is 1. The molecule has 1 aromatic carbocycles. The van der Waals surface area contributed by atoms with Gasteiger partial charge in [0.2, 0.25) is 0 Å². The van der Waals surface area contributed by atoms with Gasteiger partial charge in [-0.15, -0.1) is 0 Å². The van der Waals surface area contributed by atoms with Gasteiger partial charge >= 0.3 is 0 Å². The normalized spacial score (nSPS) is 17.0. The van der Waals surface area contributed by atoms with Crippen LogP contribution in [0, 0.1) is 0 Å². The molecular formula is C17H25N3O. The quantitative estimate of drug-likeness (QED) is 0.480. The molecule has 0 bridgehead atoms. The average molecular weight is 287 g/mol. The highest BCUT2D eigenvalue weighted by atomic mass is 16.5. The molecule has 1 atom stereocenters. The molecular weight excluding hydrogens is 262 g/mol. The third-order valence-electron chi connectivity index (χ3n) is 3.56. The van der Waals surface area contributed by atoms with Crippen molar-refractivity contribution < 1.29 is 4.74 Å². The van der Waals surface area contributed by atoms with E-state index in [2.05, 4.69) is 46.8 Å². The Morgan fingerprint density at radius 1 is 1.29 bits per heavy atom. The maximum atomic E-state index is 5.56. The number of nitrogens with one attached hydrogen (secondary N) is 2. The van der Waals surface area contributed by atoms with Crippen LogP contribution >= 0.6 is 0 Å². The number of guanidine groups is 1. The van der Waals surface area contributed by atoms with Gasteiger partial charge in [-0.2, -0.15) is 0 Å². The molecule has 0 aromatic heterocycles. The van der Waals surface area contributed by atoms with Crippen molar-refractivity contribution in [3.05, 3.63) is 48.0 Å². The van der Waals surface area contributed by atoms with Gasteiger partial charge in [0.05, 0.1) is 6.54 Å². The molecule has 1 aliphatic rings. The number of methoxy groups -OCH3 is 1. The fraction of sp³-hybridized carbons (Fsp3) is 0.471. The molecule has 0 saturated heterocycles. The summed E-state index contributed by atoms with van der Waals surface area (Å²) in [6, 6.07) is 10.7. The molecule has 0 heterocycles. The first-order valence-corrected chi connectivity index (χ1v) is 7.61. The van der Waals surface area contributed by atoms with Crippen molar-refractivity contribution in [2.75, 3.05) is 20.2 Å². The summed E-state index contributed by atoms with van der Waals surface area (Å²) in [4.78, 5) is 4.67. The van der Waals surface area contributed by atoms with Gasteiger partial charge in [0, 0.05) is 19.7 Å². The van der Waals surface area contributed by atoms with Crippen LogP contribution in [0.3, 0.4) is 0 Å². The van der Waals surface area contributed by atoms with Crippen LogP contribution in [0.5, 0.6) is 0 Å².